The summed E-state index contributed by atoms with van der Waals surface area (Å²) in [7, 11) is 0. The van der Waals surface area contributed by atoms with Crippen LogP contribution in [0.2, 0.25) is 0 Å². The minimum atomic E-state index is 0.0172. The van der Waals surface area contributed by atoms with Crippen LogP contribution in [0.4, 0.5) is 0 Å². The summed E-state index contributed by atoms with van der Waals surface area (Å²) < 4.78 is 13.3. The van der Waals surface area contributed by atoms with Gasteiger partial charge in [0.15, 0.2) is 16.8 Å². The molecule has 1 aromatic heterocycles. The van der Waals surface area contributed by atoms with Crippen molar-refractivity contribution >= 4 is 17.5 Å². The molecule has 0 aliphatic heterocycles. The number of hydrogen-bond acceptors (Lipinski definition) is 6. The van der Waals surface area contributed by atoms with E-state index in [0.717, 1.165) is 22.7 Å². The van der Waals surface area contributed by atoms with Gasteiger partial charge in [0.05, 0.1) is 12.4 Å². The van der Waals surface area contributed by atoms with Gasteiger partial charge in [0.25, 0.3) is 0 Å². The molecule has 0 N–H and O–H groups in total. The monoisotopic (exact) mass is 459 g/mol. The zero-order valence-electron chi connectivity index (χ0n) is 18.6. The van der Waals surface area contributed by atoms with E-state index in [4.69, 9.17) is 9.47 Å². The molecule has 0 radical (unpaired) electrons. The first kappa shape index (κ1) is 22.6. The lowest BCUT2D eigenvalue weighted by Gasteiger charge is -2.11. The second-order valence-electron chi connectivity index (χ2n) is 7.34. The molecular weight excluding hydrogens is 434 g/mol. The second kappa shape index (κ2) is 10.8. The molecule has 0 aliphatic rings. The molecule has 6 nitrogen and oxygen atoms in total. The normalized spacial score (nSPS) is 10.7. The molecule has 0 saturated heterocycles. The van der Waals surface area contributed by atoms with Crippen molar-refractivity contribution in [3.8, 4) is 17.2 Å². The summed E-state index contributed by atoms with van der Waals surface area (Å²) in [6.45, 7) is 4.83. The maximum absolute atomic E-state index is 12.8. The number of para-hydroxylation sites is 1. The third-order valence-corrected chi connectivity index (χ3v) is 5.85. The zero-order valence-corrected chi connectivity index (χ0v) is 19.4. The Morgan fingerprint density at radius 2 is 1.58 bits per heavy atom. The van der Waals surface area contributed by atoms with Crippen molar-refractivity contribution in [2.24, 2.45) is 0 Å². The number of aromatic nitrogens is 3. The van der Waals surface area contributed by atoms with Gasteiger partial charge in [-0.25, -0.2) is 0 Å². The summed E-state index contributed by atoms with van der Waals surface area (Å²) in [6.07, 6.45) is 0. The molecule has 0 spiro atoms. The van der Waals surface area contributed by atoms with Crippen molar-refractivity contribution in [1.82, 2.24) is 14.8 Å². The summed E-state index contributed by atoms with van der Waals surface area (Å²) >= 11 is 1.36. The van der Waals surface area contributed by atoms with E-state index in [2.05, 4.69) is 10.2 Å². The number of carbonyl (C=O) groups is 1. The van der Waals surface area contributed by atoms with Gasteiger partial charge in [-0.1, -0.05) is 47.7 Å². The number of nitrogens with zero attached hydrogens (tertiary/aromatic N) is 3. The number of hydrogen-bond donors (Lipinski definition) is 0. The van der Waals surface area contributed by atoms with Crippen LogP contribution in [0.15, 0.2) is 84.0 Å². The molecule has 7 heteroatoms. The fraction of sp³-hybridized carbons (Fsp3) is 0.192. The standard InChI is InChI=1S/C26H25N3O3S/c1-3-31-23-15-11-20(12-16-23)24(30)18-33-26-28-27-25(17-32-22-7-5-4-6-8-22)29(26)21-13-9-19(2)10-14-21/h4-16H,3,17-18H2,1-2H3. The van der Waals surface area contributed by atoms with Gasteiger partial charge in [0, 0.05) is 11.3 Å². The smallest absolute Gasteiger partial charge is 0.196 e. The van der Waals surface area contributed by atoms with Gasteiger partial charge >= 0.3 is 0 Å². The number of rotatable bonds is 10. The predicted molar refractivity (Wildman–Crippen MR) is 130 cm³/mol. The third-order valence-electron chi connectivity index (χ3n) is 4.92. The Balaban J connectivity index is 1.52. The molecule has 4 aromatic rings. The van der Waals surface area contributed by atoms with Gasteiger partial charge in [-0.3, -0.25) is 9.36 Å². The third kappa shape index (κ3) is 5.81. The summed E-state index contributed by atoms with van der Waals surface area (Å²) in [5.41, 5.74) is 2.72. The van der Waals surface area contributed by atoms with Crippen LogP contribution in [0.1, 0.15) is 28.7 Å². The van der Waals surface area contributed by atoms with Crippen molar-refractivity contribution in [2.45, 2.75) is 25.6 Å². The lowest BCUT2D eigenvalue weighted by Crippen LogP contribution is -2.08. The Bertz CT molecular complexity index is 1190. The zero-order chi connectivity index (χ0) is 23.0. The first-order chi connectivity index (χ1) is 16.1. The van der Waals surface area contributed by atoms with E-state index in [1.807, 2.05) is 85.1 Å². The highest BCUT2D eigenvalue weighted by molar-refractivity contribution is 7.99. The Hall–Kier alpha value is -3.58. The van der Waals surface area contributed by atoms with E-state index < -0.39 is 0 Å². The molecule has 3 aromatic carbocycles. The van der Waals surface area contributed by atoms with Gasteiger partial charge < -0.3 is 9.47 Å². The molecule has 0 aliphatic carbocycles. The molecule has 0 saturated carbocycles. The molecule has 1 heterocycles. The van der Waals surface area contributed by atoms with Crippen LogP contribution >= 0.6 is 11.8 Å². The summed E-state index contributed by atoms with van der Waals surface area (Å²) in [6, 6.07) is 24.9. The Morgan fingerprint density at radius 3 is 2.27 bits per heavy atom. The van der Waals surface area contributed by atoms with Gasteiger partial charge in [-0.05, 0) is 62.4 Å². The second-order valence-corrected chi connectivity index (χ2v) is 8.28. The van der Waals surface area contributed by atoms with E-state index in [-0.39, 0.29) is 18.1 Å². The largest absolute Gasteiger partial charge is 0.494 e. The first-order valence-electron chi connectivity index (χ1n) is 10.7. The summed E-state index contributed by atoms with van der Waals surface area (Å²) in [4.78, 5) is 12.8. The van der Waals surface area contributed by atoms with E-state index in [1.54, 1.807) is 12.1 Å². The fourth-order valence-electron chi connectivity index (χ4n) is 3.22. The van der Waals surface area contributed by atoms with Crippen LogP contribution < -0.4 is 9.47 Å². The highest BCUT2D eigenvalue weighted by Crippen LogP contribution is 2.25. The average Bonchev–Trinajstić information content (AvgIpc) is 3.26. The Kier molecular flexibility index (Phi) is 7.42. The Labute approximate surface area is 197 Å². The molecule has 33 heavy (non-hydrogen) atoms. The van der Waals surface area contributed by atoms with Crippen LogP contribution in [0, 0.1) is 6.92 Å². The summed E-state index contributed by atoms with van der Waals surface area (Å²) in [5.74, 6) is 2.44. The van der Waals surface area contributed by atoms with Crippen molar-refractivity contribution in [2.75, 3.05) is 12.4 Å². The lowest BCUT2D eigenvalue weighted by molar-refractivity contribution is 0.102. The number of aryl methyl sites for hydroxylation is 1. The molecule has 4 rings (SSSR count). The molecule has 0 fully saturated rings. The predicted octanol–water partition coefficient (Wildman–Crippen LogP) is 5.53. The minimum absolute atomic E-state index is 0.0172. The molecule has 168 valence electrons. The van der Waals surface area contributed by atoms with E-state index in [0.29, 0.717) is 23.2 Å². The maximum Gasteiger partial charge on any atom is 0.196 e. The number of Topliss-reactive ketones (excluding diaryl/α,β-unsaturated/α-hetero) is 1. The van der Waals surface area contributed by atoms with Gasteiger partial charge in [0.2, 0.25) is 0 Å². The first-order valence-corrected chi connectivity index (χ1v) is 11.7. The number of ether oxygens (including phenoxy) is 2. The van der Waals surface area contributed by atoms with Crippen LogP contribution in [-0.4, -0.2) is 32.9 Å². The Morgan fingerprint density at radius 1 is 0.879 bits per heavy atom. The van der Waals surface area contributed by atoms with Gasteiger partial charge in [0.1, 0.15) is 18.1 Å². The van der Waals surface area contributed by atoms with Crippen LogP contribution in [0.5, 0.6) is 11.5 Å². The van der Waals surface area contributed by atoms with E-state index in [9.17, 15) is 4.79 Å². The minimum Gasteiger partial charge on any atom is -0.494 e. The topological polar surface area (TPSA) is 66.2 Å². The van der Waals surface area contributed by atoms with Crippen molar-refractivity contribution in [3.05, 3.63) is 95.8 Å². The quantitative estimate of drug-likeness (QED) is 0.230. The lowest BCUT2D eigenvalue weighted by atomic mass is 10.1. The molecular formula is C26H25N3O3S. The van der Waals surface area contributed by atoms with Crippen LogP contribution in [0.25, 0.3) is 5.69 Å². The maximum atomic E-state index is 12.8. The van der Waals surface area contributed by atoms with Gasteiger partial charge in [-0.2, -0.15) is 0 Å². The highest BCUT2D eigenvalue weighted by Gasteiger charge is 2.17. The highest BCUT2D eigenvalue weighted by atomic mass is 32.2. The summed E-state index contributed by atoms with van der Waals surface area (Å²) in [5, 5.41) is 9.35. The molecule has 0 atom stereocenters. The fourth-order valence-corrected chi connectivity index (χ4v) is 4.09. The number of ketones is 1. The van der Waals surface area contributed by atoms with Crippen molar-refractivity contribution in [1.29, 1.82) is 0 Å². The van der Waals surface area contributed by atoms with E-state index in [1.165, 1.54) is 11.8 Å². The molecule has 0 bridgehead atoms. The average molecular weight is 460 g/mol. The number of thioether (sulfide) groups is 1. The van der Waals surface area contributed by atoms with Crippen LogP contribution in [-0.2, 0) is 6.61 Å². The van der Waals surface area contributed by atoms with Crippen molar-refractivity contribution in [3.63, 3.8) is 0 Å². The molecule has 0 unspecified atom stereocenters. The molecule has 0 amide bonds. The SMILES string of the molecule is CCOc1ccc(C(=O)CSc2nnc(COc3ccccc3)n2-c2ccc(C)cc2)cc1. The van der Waals surface area contributed by atoms with Crippen molar-refractivity contribution < 1.29 is 14.3 Å². The van der Waals surface area contributed by atoms with Crippen LogP contribution in [0.3, 0.4) is 0 Å². The number of benzene rings is 3. The van der Waals surface area contributed by atoms with E-state index >= 15 is 0 Å². The number of carbonyl (C=O) groups excluding carboxylic acids is 1. The van der Waals surface area contributed by atoms with Gasteiger partial charge in [-0.15, -0.1) is 10.2 Å².